The number of carbonyl (C=O) groups excluding carboxylic acids is 1. The first-order valence-corrected chi connectivity index (χ1v) is 10.7. The van der Waals surface area contributed by atoms with E-state index in [0.29, 0.717) is 12.3 Å². The minimum atomic E-state index is 0. The smallest absolute Gasteiger partial charge is 0.220 e. The molecular formula is C20H38IN5O. The van der Waals surface area contributed by atoms with E-state index in [0.717, 1.165) is 63.5 Å². The van der Waals surface area contributed by atoms with Crippen LogP contribution in [0, 0.1) is 11.8 Å². The first-order valence-electron chi connectivity index (χ1n) is 10.7. The predicted octanol–water partition coefficient (Wildman–Crippen LogP) is 2.29. The molecule has 1 saturated heterocycles. The molecule has 0 bridgehead atoms. The number of nitrogens with one attached hydrogen (secondary N) is 2. The number of likely N-dealkylation sites (tertiary alicyclic amines) is 1. The third-order valence-electron chi connectivity index (χ3n) is 5.90. The van der Waals surface area contributed by atoms with E-state index in [4.69, 9.17) is 4.99 Å². The topological polar surface area (TPSA) is 60.0 Å². The standard InChI is InChI=1S/C20H37N5O.HI/c1-3-22-20(24-11-8-16(9-12-24)14-19(26)21-2)23-10-13-25(18-6-7-18)15-17-4-5-17;/h16-18H,3-15H2,1-2H3,(H,21,26)(H,22,23);1H. The Balaban J connectivity index is 0.00000261. The molecule has 1 aliphatic heterocycles. The van der Waals surface area contributed by atoms with Gasteiger partial charge in [0.1, 0.15) is 0 Å². The number of aliphatic imine (C=N–C) groups is 1. The number of carbonyl (C=O) groups is 1. The number of halogens is 1. The fourth-order valence-electron chi connectivity index (χ4n) is 3.92. The van der Waals surface area contributed by atoms with Crippen LogP contribution in [0.25, 0.3) is 0 Å². The van der Waals surface area contributed by atoms with E-state index >= 15 is 0 Å². The molecule has 3 fully saturated rings. The third-order valence-corrected chi connectivity index (χ3v) is 5.90. The van der Waals surface area contributed by atoms with Crippen LogP contribution in [0.5, 0.6) is 0 Å². The van der Waals surface area contributed by atoms with E-state index in [1.165, 1.54) is 32.2 Å². The first-order chi connectivity index (χ1) is 12.7. The SMILES string of the molecule is CCNC(=NCCN(CC1CC1)C1CC1)N1CCC(CC(=O)NC)CC1.I. The van der Waals surface area contributed by atoms with Crippen molar-refractivity contribution in [3.63, 3.8) is 0 Å². The van der Waals surface area contributed by atoms with Gasteiger partial charge in [0.15, 0.2) is 5.96 Å². The zero-order chi connectivity index (χ0) is 18.4. The summed E-state index contributed by atoms with van der Waals surface area (Å²) in [6, 6.07) is 0.842. The molecule has 6 nitrogen and oxygen atoms in total. The molecule has 156 valence electrons. The summed E-state index contributed by atoms with van der Waals surface area (Å²) in [4.78, 5) is 21.6. The van der Waals surface area contributed by atoms with Gasteiger partial charge in [0.05, 0.1) is 6.54 Å². The fourth-order valence-corrected chi connectivity index (χ4v) is 3.92. The summed E-state index contributed by atoms with van der Waals surface area (Å²) in [7, 11) is 1.72. The van der Waals surface area contributed by atoms with E-state index in [-0.39, 0.29) is 29.9 Å². The van der Waals surface area contributed by atoms with Gasteiger partial charge < -0.3 is 15.5 Å². The molecule has 2 saturated carbocycles. The van der Waals surface area contributed by atoms with Gasteiger partial charge in [-0.05, 0) is 57.3 Å². The molecule has 2 aliphatic carbocycles. The lowest BCUT2D eigenvalue weighted by Crippen LogP contribution is -2.46. The summed E-state index contributed by atoms with van der Waals surface area (Å²) < 4.78 is 0. The van der Waals surface area contributed by atoms with Crippen molar-refractivity contribution in [2.45, 2.75) is 57.9 Å². The predicted molar refractivity (Wildman–Crippen MR) is 122 cm³/mol. The van der Waals surface area contributed by atoms with Gasteiger partial charge in [0.2, 0.25) is 5.91 Å². The van der Waals surface area contributed by atoms with Gasteiger partial charge in [-0.3, -0.25) is 14.7 Å². The number of piperidine rings is 1. The van der Waals surface area contributed by atoms with Crippen LogP contribution in [0.4, 0.5) is 0 Å². The monoisotopic (exact) mass is 491 g/mol. The maximum atomic E-state index is 11.6. The summed E-state index contributed by atoms with van der Waals surface area (Å²) in [5.74, 6) is 2.71. The Labute approximate surface area is 181 Å². The van der Waals surface area contributed by atoms with Gasteiger partial charge in [-0.2, -0.15) is 0 Å². The van der Waals surface area contributed by atoms with Gasteiger partial charge in [-0.25, -0.2) is 0 Å². The summed E-state index contributed by atoms with van der Waals surface area (Å²) in [5, 5.41) is 6.21. The molecule has 2 N–H and O–H groups in total. The minimum absolute atomic E-state index is 0. The molecule has 0 aromatic heterocycles. The second-order valence-electron chi connectivity index (χ2n) is 8.21. The Hall–Kier alpha value is -0.570. The largest absolute Gasteiger partial charge is 0.359 e. The second-order valence-corrected chi connectivity index (χ2v) is 8.21. The normalized spacial score (nSPS) is 21.1. The Kier molecular flexibility index (Phi) is 9.62. The highest BCUT2D eigenvalue weighted by molar-refractivity contribution is 14.0. The van der Waals surface area contributed by atoms with Crippen molar-refractivity contribution in [1.29, 1.82) is 0 Å². The van der Waals surface area contributed by atoms with E-state index in [1.807, 2.05) is 0 Å². The van der Waals surface area contributed by atoms with Crippen molar-refractivity contribution in [3.05, 3.63) is 0 Å². The zero-order valence-electron chi connectivity index (χ0n) is 17.1. The van der Waals surface area contributed by atoms with E-state index < -0.39 is 0 Å². The summed E-state index contributed by atoms with van der Waals surface area (Å²) in [6.07, 6.45) is 8.45. The average molecular weight is 491 g/mol. The van der Waals surface area contributed by atoms with Gasteiger partial charge in [0.25, 0.3) is 0 Å². The highest BCUT2D eigenvalue weighted by atomic mass is 127. The van der Waals surface area contributed by atoms with Crippen molar-refractivity contribution in [2.24, 2.45) is 16.8 Å². The summed E-state index contributed by atoms with van der Waals surface area (Å²) in [6.45, 7) is 8.33. The van der Waals surface area contributed by atoms with Crippen LogP contribution in [0.3, 0.4) is 0 Å². The lowest BCUT2D eigenvalue weighted by Gasteiger charge is -2.34. The minimum Gasteiger partial charge on any atom is -0.359 e. The first kappa shape index (κ1) is 22.7. The molecule has 3 aliphatic rings. The van der Waals surface area contributed by atoms with Crippen molar-refractivity contribution in [1.82, 2.24) is 20.4 Å². The highest BCUT2D eigenvalue weighted by Gasteiger charge is 2.33. The van der Waals surface area contributed by atoms with E-state index in [1.54, 1.807) is 7.05 Å². The number of rotatable bonds is 9. The molecule has 0 atom stereocenters. The Bertz CT molecular complexity index is 485. The Morgan fingerprint density at radius 1 is 1.11 bits per heavy atom. The second kappa shape index (κ2) is 11.4. The Morgan fingerprint density at radius 2 is 1.81 bits per heavy atom. The lowest BCUT2D eigenvalue weighted by atomic mass is 9.93. The third kappa shape index (κ3) is 7.75. The molecule has 3 rings (SSSR count). The van der Waals surface area contributed by atoms with E-state index in [2.05, 4.69) is 27.4 Å². The van der Waals surface area contributed by atoms with Gasteiger partial charge in [-0.1, -0.05) is 0 Å². The highest BCUT2D eigenvalue weighted by Crippen LogP contribution is 2.34. The average Bonchev–Trinajstić information content (AvgIpc) is 3.54. The fraction of sp³-hybridized carbons (Fsp3) is 0.900. The van der Waals surface area contributed by atoms with E-state index in [9.17, 15) is 4.79 Å². The number of hydrogen-bond acceptors (Lipinski definition) is 3. The van der Waals surface area contributed by atoms with Crippen LogP contribution in [-0.2, 0) is 4.79 Å². The Morgan fingerprint density at radius 3 is 2.37 bits per heavy atom. The number of hydrogen-bond donors (Lipinski definition) is 2. The van der Waals surface area contributed by atoms with Crippen LogP contribution >= 0.6 is 24.0 Å². The van der Waals surface area contributed by atoms with Crippen molar-refractivity contribution < 1.29 is 4.79 Å². The lowest BCUT2D eigenvalue weighted by molar-refractivity contribution is -0.121. The molecule has 0 aromatic rings. The van der Waals surface area contributed by atoms with Gasteiger partial charge >= 0.3 is 0 Å². The maximum absolute atomic E-state index is 11.6. The summed E-state index contributed by atoms with van der Waals surface area (Å²) in [5.41, 5.74) is 0. The number of nitrogens with zero attached hydrogens (tertiary/aromatic N) is 3. The molecule has 27 heavy (non-hydrogen) atoms. The van der Waals surface area contributed by atoms with Crippen LogP contribution in [0.15, 0.2) is 4.99 Å². The molecule has 0 radical (unpaired) electrons. The van der Waals surface area contributed by atoms with Crippen molar-refractivity contribution in [3.8, 4) is 0 Å². The van der Waals surface area contributed by atoms with Crippen LogP contribution in [0.2, 0.25) is 0 Å². The maximum Gasteiger partial charge on any atom is 0.220 e. The molecule has 0 unspecified atom stereocenters. The molecule has 0 spiro atoms. The quantitative estimate of drug-likeness (QED) is 0.295. The molecular weight excluding hydrogens is 453 g/mol. The number of amides is 1. The molecule has 1 amide bonds. The molecule has 7 heteroatoms. The van der Waals surface area contributed by atoms with Gasteiger partial charge in [0, 0.05) is 52.2 Å². The van der Waals surface area contributed by atoms with Crippen LogP contribution < -0.4 is 10.6 Å². The summed E-state index contributed by atoms with van der Waals surface area (Å²) >= 11 is 0. The van der Waals surface area contributed by atoms with Crippen molar-refractivity contribution in [2.75, 3.05) is 46.3 Å². The van der Waals surface area contributed by atoms with Gasteiger partial charge in [-0.15, -0.1) is 24.0 Å². The zero-order valence-corrected chi connectivity index (χ0v) is 19.4. The van der Waals surface area contributed by atoms with Crippen LogP contribution in [0.1, 0.15) is 51.9 Å². The van der Waals surface area contributed by atoms with Crippen molar-refractivity contribution >= 4 is 35.8 Å². The van der Waals surface area contributed by atoms with Crippen LogP contribution in [-0.4, -0.2) is 74.0 Å². The molecule has 0 aromatic carbocycles. The molecule has 1 heterocycles. The number of guanidine groups is 1.